The smallest absolute Gasteiger partial charge is 0.243 e. The number of nitrogens with one attached hydrogen (secondary N) is 1. The number of piperidine rings is 1. The van der Waals surface area contributed by atoms with E-state index in [-0.39, 0.29) is 10.9 Å². The maximum absolute atomic E-state index is 13.1. The molecule has 8 nitrogen and oxygen atoms in total. The molecule has 0 atom stereocenters. The monoisotopic (exact) mass is 575 g/mol. The number of nitrogens with zero attached hydrogens (tertiary/aromatic N) is 4. The van der Waals surface area contributed by atoms with Crippen molar-refractivity contribution in [3.05, 3.63) is 70.3 Å². The van der Waals surface area contributed by atoms with Crippen LogP contribution in [0.4, 0.5) is 5.82 Å². The first-order valence-electron chi connectivity index (χ1n) is 11.1. The van der Waals surface area contributed by atoms with Crippen LogP contribution in [0.5, 0.6) is 5.75 Å². The Kier molecular flexibility index (Phi) is 6.71. The molecule has 182 valence electrons. The number of hydrogen-bond donors (Lipinski definition) is 1. The van der Waals surface area contributed by atoms with Gasteiger partial charge in [-0.05, 0) is 47.0 Å². The van der Waals surface area contributed by atoms with Gasteiger partial charge < -0.3 is 10.1 Å². The van der Waals surface area contributed by atoms with Gasteiger partial charge in [0.25, 0.3) is 0 Å². The van der Waals surface area contributed by atoms with Crippen LogP contribution in [0.15, 0.2) is 70.2 Å². The number of fused-ring (bicyclic) bond motifs is 1. The lowest BCUT2D eigenvalue weighted by Gasteiger charge is -2.32. The molecule has 1 saturated heterocycles. The second-order valence-electron chi connectivity index (χ2n) is 8.24. The van der Waals surface area contributed by atoms with Crippen LogP contribution in [0.25, 0.3) is 16.9 Å². The summed E-state index contributed by atoms with van der Waals surface area (Å²) in [5, 5.41) is 8.61. The number of aromatic nitrogens is 3. The Morgan fingerprint density at radius 3 is 2.63 bits per heavy atom. The summed E-state index contributed by atoms with van der Waals surface area (Å²) in [4.78, 5) is 4.98. The number of hydrogen-bond acceptors (Lipinski definition) is 6. The van der Waals surface area contributed by atoms with Crippen molar-refractivity contribution in [3.63, 3.8) is 0 Å². The fraction of sp³-hybridized carbons (Fsp3) is 0.250. The van der Waals surface area contributed by atoms with Gasteiger partial charge in [0.1, 0.15) is 11.6 Å². The number of halogens is 2. The van der Waals surface area contributed by atoms with Gasteiger partial charge in [0.05, 0.1) is 28.4 Å². The lowest BCUT2D eigenvalue weighted by molar-refractivity contribution is 0.329. The van der Waals surface area contributed by atoms with Gasteiger partial charge >= 0.3 is 0 Å². The molecule has 5 rings (SSSR count). The third kappa shape index (κ3) is 4.75. The van der Waals surface area contributed by atoms with Crippen molar-refractivity contribution in [2.75, 3.05) is 25.5 Å². The first-order chi connectivity index (χ1) is 16.9. The van der Waals surface area contributed by atoms with Gasteiger partial charge in [-0.3, -0.25) is 0 Å². The van der Waals surface area contributed by atoms with Crippen molar-refractivity contribution in [1.82, 2.24) is 18.9 Å². The molecule has 0 bridgehead atoms. The predicted octanol–water partition coefficient (Wildman–Crippen LogP) is 5.09. The van der Waals surface area contributed by atoms with E-state index in [1.165, 1.54) is 11.4 Å². The normalized spacial score (nSPS) is 15.4. The van der Waals surface area contributed by atoms with Crippen LogP contribution in [-0.4, -0.2) is 53.6 Å². The van der Waals surface area contributed by atoms with E-state index >= 15 is 0 Å². The van der Waals surface area contributed by atoms with E-state index < -0.39 is 10.0 Å². The Morgan fingerprint density at radius 1 is 1.11 bits per heavy atom. The van der Waals surface area contributed by atoms with E-state index in [4.69, 9.17) is 21.3 Å². The average molecular weight is 577 g/mol. The summed E-state index contributed by atoms with van der Waals surface area (Å²) in [7, 11) is -2.07. The second kappa shape index (κ2) is 9.77. The Morgan fingerprint density at radius 2 is 1.89 bits per heavy atom. The average Bonchev–Trinajstić information content (AvgIpc) is 3.25. The molecule has 1 aliphatic rings. The van der Waals surface area contributed by atoms with E-state index in [1.54, 1.807) is 35.0 Å². The molecule has 1 fully saturated rings. The van der Waals surface area contributed by atoms with E-state index in [2.05, 4.69) is 26.3 Å². The van der Waals surface area contributed by atoms with Gasteiger partial charge in [-0.2, -0.15) is 13.9 Å². The topological polar surface area (TPSA) is 88.8 Å². The van der Waals surface area contributed by atoms with Crippen molar-refractivity contribution in [3.8, 4) is 17.0 Å². The maximum Gasteiger partial charge on any atom is 0.243 e. The largest absolute Gasteiger partial charge is 0.497 e. The Bertz CT molecular complexity index is 1490. The molecule has 0 amide bonds. The minimum absolute atomic E-state index is 0.0689. The highest BCUT2D eigenvalue weighted by Gasteiger charge is 2.30. The predicted molar refractivity (Wildman–Crippen MR) is 140 cm³/mol. The molecule has 2 aromatic heterocycles. The summed E-state index contributed by atoms with van der Waals surface area (Å²) in [6, 6.07) is 16.1. The second-order valence-corrected chi connectivity index (χ2v) is 11.4. The maximum atomic E-state index is 13.1. The molecule has 3 heterocycles. The zero-order valence-corrected chi connectivity index (χ0v) is 22.0. The van der Waals surface area contributed by atoms with Gasteiger partial charge in [-0.1, -0.05) is 35.9 Å². The molecular weight excluding hydrogens is 554 g/mol. The highest BCUT2D eigenvalue weighted by molar-refractivity contribution is 9.10. The molecule has 35 heavy (non-hydrogen) atoms. The molecule has 2 aromatic carbocycles. The van der Waals surface area contributed by atoms with Crippen LogP contribution in [-0.2, 0) is 10.0 Å². The fourth-order valence-corrected chi connectivity index (χ4v) is 6.29. The molecule has 11 heteroatoms. The van der Waals surface area contributed by atoms with Gasteiger partial charge in [0.2, 0.25) is 10.0 Å². The molecule has 0 spiro atoms. The minimum atomic E-state index is -3.59. The zero-order valence-electron chi connectivity index (χ0n) is 18.9. The van der Waals surface area contributed by atoms with Gasteiger partial charge in [-0.15, -0.1) is 0 Å². The van der Waals surface area contributed by atoms with Gasteiger partial charge in [0.15, 0.2) is 5.65 Å². The standard InChI is InChI=1S/C24H23BrClN5O3S/c1-34-17-5-4-6-18(13-17)35(32,33)30-11-9-16(10-12-30)28-23-14-22(19-7-2-3-8-21(19)26)29-24-20(25)15-27-31(23)24/h2-8,13-16,28H,9-12H2,1H3. The summed E-state index contributed by atoms with van der Waals surface area (Å²) in [6.07, 6.45) is 3.00. The number of anilines is 1. The van der Waals surface area contributed by atoms with Gasteiger partial charge in [0, 0.05) is 41.9 Å². The third-order valence-electron chi connectivity index (χ3n) is 6.06. The van der Waals surface area contributed by atoms with Crippen LogP contribution >= 0.6 is 27.5 Å². The van der Waals surface area contributed by atoms with Crippen LogP contribution in [0.2, 0.25) is 5.02 Å². The summed E-state index contributed by atoms with van der Waals surface area (Å²) >= 11 is 9.96. The van der Waals surface area contributed by atoms with Crippen molar-refractivity contribution < 1.29 is 13.2 Å². The third-order valence-corrected chi connectivity index (χ3v) is 8.85. The molecule has 0 unspecified atom stereocenters. The van der Waals surface area contributed by atoms with E-state index in [1.807, 2.05) is 30.3 Å². The number of methoxy groups -OCH3 is 1. The summed E-state index contributed by atoms with van der Waals surface area (Å²) < 4.78 is 35.5. The number of sulfonamides is 1. The number of rotatable bonds is 6. The lowest BCUT2D eigenvalue weighted by atomic mass is 10.1. The fourth-order valence-electron chi connectivity index (χ4n) is 4.21. The Hall–Kier alpha value is -2.66. The van der Waals surface area contributed by atoms with E-state index in [0.717, 1.165) is 21.5 Å². The Balaban J connectivity index is 1.37. The first kappa shape index (κ1) is 24.1. The Labute approximate surface area is 217 Å². The minimum Gasteiger partial charge on any atom is -0.497 e. The summed E-state index contributed by atoms with van der Waals surface area (Å²) in [5.74, 6) is 1.29. The van der Waals surface area contributed by atoms with Crippen LogP contribution in [0.3, 0.4) is 0 Å². The molecule has 0 saturated carbocycles. The molecule has 0 radical (unpaired) electrons. The molecule has 4 aromatic rings. The summed E-state index contributed by atoms with van der Waals surface area (Å²) in [6.45, 7) is 0.817. The number of ether oxygens (including phenoxy) is 1. The number of benzene rings is 2. The van der Waals surface area contributed by atoms with Crippen molar-refractivity contribution >= 4 is 49.0 Å². The molecular formula is C24H23BrClN5O3S. The van der Waals surface area contributed by atoms with Crippen molar-refractivity contribution in [2.45, 2.75) is 23.8 Å². The SMILES string of the molecule is COc1cccc(S(=O)(=O)N2CCC(Nc3cc(-c4ccccc4Cl)nc4c(Br)cnn34)CC2)c1. The van der Waals surface area contributed by atoms with Crippen molar-refractivity contribution in [2.24, 2.45) is 0 Å². The molecule has 1 aliphatic heterocycles. The summed E-state index contributed by atoms with van der Waals surface area (Å²) in [5.41, 5.74) is 2.22. The highest BCUT2D eigenvalue weighted by atomic mass is 79.9. The van der Waals surface area contributed by atoms with Crippen molar-refractivity contribution in [1.29, 1.82) is 0 Å². The highest BCUT2D eigenvalue weighted by Crippen LogP contribution is 2.31. The molecule has 1 N–H and O–H groups in total. The van der Waals surface area contributed by atoms with E-state index in [9.17, 15) is 8.42 Å². The first-order valence-corrected chi connectivity index (χ1v) is 13.7. The van der Waals surface area contributed by atoms with E-state index in [0.29, 0.717) is 42.4 Å². The zero-order chi connectivity index (χ0) is 24.6. The van der Waals surface area contributed by atoms with Gasteiger partial charge in [-0.25, -0.2) is 13.4 Å². The lowest BCUT2D eigenvalue weighted by Crippen LogP contribution is -2.42. The molecule has 0 aliphatic carbocycles. The van der Waals surface area contributed by atoms with Crippen LogP contribution in [0, 0.1) is 0 Å². The quantitative estimate of drug-likeness (QED) is 0.344. The van der Waals surface area contributed by atoms with Crippen LogP contribution in [0.1, 0.15) is 12.8 Å². The van der Waals surface area contributed by atoms with Crippen LogP contribution < -0.4 is 10.1 Å².